The first kappa shape index (κ1) is 15.0. The van der Waals surface area contributed by atoms with Crippen LogP contribution in [-0.4, -0.2) is 34.7 Å². The minimum atomic E-state index is -0.317. The molecule has 0 spiro atoms. The van der Waals surface area contributed by atoms with E-state index in [1.165, 1.54) is 10.9 Å². The van der Waals surface area contributed by atoms with Crippen LogP contribution in [0.2, 0.25) is 0 Å². The summed E-state index contributed by atoms with van der Waals surface area (Å²) < 4.78 is 1.42. The van der Waals surface area contributed by atoms with Gasteiger partial charge in [0.15, 0.2) is 0 Å². The Labute approximate surface area is 112 Å². The van der Waals surface area contributed by atoms with E-state index in [9.17, 15) is 9.59 Å². The maximum atomic E-state index is 11.8. The van der Waals surface area contributed by atoms with Gasteiger partial charge in [-0.25, -0.2) is 0 Å². The van der Waals surface area contributed by atoms with Gasteiger partial charge in [0, 0.05) is 26.6 Å². The molecule has 0 aliphatic carbocycles. The van der Waals surface area contributed by atoms with Crippen LogP contribution in [0.25, 0.3) is 0 Å². The van der Waals surface area contributed by atoms with E-state index in [-0.39, 0.29) is 24.8 Å². The number of aromatic nitrogens is 2. The smallest absolute Gasteiger partial charge is 0.256 e. The van der Waals surface area contributed by atoms with Crippen LogP contribution in [-0.2, 0) is 11.8 Å². The largest absolute Gasteiger partial charge is 0.383 e. The number of rotatable bonds is 6. The van der Waals surface area contributed by atoms with Crippen LogP contribution in [0, 0.1) is 5.92 Å². The predicted molar refractivity (Wildman–Crippen MR) is 72.4 cm³/mol. The van der Waals surface area contributed by atoms with Gasteiger partial charge in [-0.15, -0.1) is 0 Å². The van der Waals surface area contributed by atoms with Crippen LogP contribution in [0.1, 0.15) is 30.6 Å². The second-order valence-electron chi connectivity index (χ2n) is 4.77. The van der Waals surface area contributed by atoms with Gasteiger partial charge >= 0.3 is 0 Å². The Hall–Kier alpha value is -2.05. The van der Waals surface area contributed by atoms with Crippen LogP contribution >= 0.6 is 0 Å². The zero-order valence-electron chi connectivity index (χ0n) is 11.6. The van der Waals surface area contributed by atoms with Crippen molar-refractivity contribution in [2.75, 3.05) is 18.8 Å². The lowest BCUT2D eigenvalue weighted by Crippen LogP contribution is -2.32. The highest BCUT2D eigenvalue weighted by molar-refractivity contribution is 5.98. The summed E-state index contributed by atoms with van der Waals surface area (Å²) in [5.74, 6) is 0.325. The number of hydrogen-bond donors (Lipinski definition) is 3. The molecule has 0 unspecified atom stereocenters. The predicted octanol–water partition coefficient (Wildman–Crippen LogP) is -0.106. The Bertz CT molecular complexity index is 453. The van der Waals surface area contributed by atoms with E-state index >= 15 is 0 Å². The molecule has 0 aliphatic heterocycles. The Kier molecular flexibility index (Phi) is 5.35. The van der Waals surface area contributed by atoms with Crippen LogP contribution in [0.3, 0.4) is 0 Å². The minimum Gasteiger partial charge on any atom is -0.383 e. The molecule has 7 heteroatoms. The Balaban J connectivity index is 2.31. The second-order valence-corrected chi connectivity index (χ2v) is 4.77. The van der Waals surface area contributed by atoms with Gasteiger partial charge < -0.3 is 16.4 Å². The summed E-state index contributed by atoms with van der Waals surface area (Å²) in [6.45, 7) is 4.96. The van der Waals surface area contributed by atoms with Crippen molar-refractivity contribution in [1.29, 1.82) is 0 Å². The van der Waals surface area contributed by atoms with Crippen LogP contribution in [0.5, 0.6) is 0 Å². The highest BCUT2D eigenvalue weighted by atomic mass is 16.2. The number of nitrogens with zero attached hydrogens (tertiary/aromatic N) is 2. The number of nitrogens with two attached hydrogens (primary N) is 1. The van der Waals surface area contributed by atoms with Gasteiger partial charge in [0.2, 0.25) is 5.91 Å². The molecule has 0 atom stereocenters. The molecule has 0 aliphatic rings. The molecule has 1 aromatic rings. The monoisotopic (exact) mass is 267 g/mol. The molecule has 0 radical (unpaired) electrons. The van der Waals surface area contributed by atoms with Crippen molar-refractivity contribution in [2.45, 2.75) is 20.3 Å². The van der Waals surface area contributed by atoms with E-state index in [0.29, 0.717) is 23.8 Å². The van der Waals surface area contributed by atoms with Gasteiger partial charge in [-0.1, -0.05) is 13.8 Å². The SMILES string of the molecule is CC(C)CNC(=O)CCNC(=O)c1cnn(C)c1N. The molecule has 4 N–H and O–H groups in total. The molecule has 0 fully saturated rings. The lowest BCUT2D eigenvalue weighted by Gasteiger charge is -2.08. The van der Waals surface area contributed by atoms with E-state index in [1.54, 1.807) is 7.05 Å². The van der Waals surface area contributed by atoms with E-state index in [0.717, 1.165) is 0 Å². The van der Waals surface area contributed by atoms with E-state index in [1.807, 2.05) is 13.8 Å². The highest BCUT2D eigenvalue weighted by Gasteiger charge is 2.13. The first-order valence-electron chi connectivity index (χ1n) is 6.24. The maximum absolute atomic E-state index is 11.8. The first-order valence-corrected chi connectivity index (χ1v) is 6.24. The molecule has 19 heavy (non-hydrogen) atoms. The normalized spacial score (nSPS) is 10.5. The van der Waals surface area contributed by atoms with Crippen molar-refractivity contribution in [3.63, 3.8) is 0 Å². The van der Waals surface area contributed by atoms with Gasteiger partial charge in [0.05, 0.1) is 6.20 Å². The van der Waals surface area contributed by atoms with Gasteiger partial charge in [-0.2, -0.15) is 5.10 Å². The van der Waals surface area contributed by atoms with Crippen LogP contribution in [0.15, 0.2) is 6.20 Å². The Morgan fingerprint density at radius 2 is 2.11 bits per heavy atom. The van der Waals surface area contributed by atoms with Crippen molar-refractivity contribution in [3.8, 4) is 0 Å². The summed E-state index contributed by atoms with van der Waals surface area (Å²) in [5.41, 5.74) is 6.00. The second kappa shape index (κ2) is 6.77. The summed E-state index contributed by atoms with van der Waals surface area (Å²) in [6, 6.07) is 0. The zero-order valence-corrected chi connectivity index (χ0v) is 11.6. The lowest BCUT2D eigenvalue weighted by atomic mass is 10.2. The summed E-state index contributed by atoms with van der Waals surface area (Å²) >= 11 is 0. The Morgan fingerprint density at radius 3 is 2.63 bits per heavy atom. The fourth-order valence-electron chi connectivity index (χ4n) is 1.41. The fraction of sp³-hybridized carbons (Fsp3) is 0.583. The maximum Gasteiger partial charge on any atom is 0.256 e. The minimum absolute atomic E-state index is 0.0758. The third kappa shape index (κ3) is 4.61. The van der Waals surface area contributed by atoms with Crippen LogP contribution < -0.4 is 16.4 Å². The Morgan fingerprint density at radius 1 is 1.42 bits per heavy atom. The zero-order chi connectivity index (χ0) is 14.4. The number of nitrogens with one attached hydrogen (secondary N) is 2. The van der Waals surface area contributed by atoms with E-state index < -0.39 is 0 Å². The molecule has 0 bridgehead atoms. The molecule has 1 rings (SSSR count). The third-order valence-electron chi connectivity index (χ3n) is 2.57. The van der Waals surface area contributed by atoms with Crippen LogP contribution in [0.4, 0.5) is 5.82 Å². The van der Waals surface area contributed by atoms with Crippen molar-refractivity contribution >= 4 is 17.6 Å². The first-order chi connectivity index (χ1) is 8.91. The van der Waals surface area contributed by atoms with Gasteiger partial charge in [-0.05, 0) is 5.92 Å². The average Bonchev–Trinajstić information content (AvgIpc) is 2.67. The topological polar surface area (TPSA) is 102 Å². The quantitative estimate of drug-likeness (QED) is 0.669. The summed E-state index contributed by atoms with van der Waals surface area (Å²) in [4.78, 5) is 23.2. The number of anilines is 1. The summed E-state index contributed by atoms with van der Waals surface area (Å²) in [6.07, 6.45) is 1.65. The molecule has 1 heterocycles. The number of hydrogen-bond acceptors (Lipinski definition) is 4. The summed E-state index contributed by atoms with van der Waals surface area (Å²) in [5, 5.41) is 9.30. The molecule has 0 saturated carbocycles. The third-order valence-corrected chi connectivity index (χ3v) is 2.57. The fourth-order valence-corrected chi connectivity index (χ4v) is 1.41. The number of aryl methyl sites for hydroxylation is 1. The van der Waals surface area contributed by atoms with E-state index in [4.69, 9.17) is 5.73 Å². The van der Waals surface area contributed by atoms with Gasteiger partial charge in [0.25, 0.3) is 5.91 Å². The van der Waals surface area contributed by atoms with Crippen molar-refractivity contribution < 1.29 is 9.59 Å². The van der Waals surface area contributed by atoms with Crippen molar-refractivity contribution in [1.82, 2.24) is 20.4 Å². The lowest BCUT2D eigenvalue weighted by molar-refractivity contribution is -0.121. The summed E-state index contributed by atoms with van der Waals surface area (Å²) in [7, 11) is 1.66. The standard InChI is InChI=1S/C12H21N5O2/c1-8(2)6-15-10(18)4-5-14-12(19)9-7-16-17(3)11(9)13/h7-8H,4-6,13H2,1-3H3,(H,14,19)(H,15,18). The molecule has 0 aromatic carbocycles. The molecular weight excluding hydrogens is 246 g/mol. The molecule has 2 amide bonds. The molecule has 0 saturated heterocycles. The number of carbonyl (C=O) groups is 2. The number of carbonyl (C=O) groups excluding carboxylic acids is 2. The number of nitrogen functional groups attached to an aromatic ring is 1. The number of amides is 2. The molecule has 7 nitrogen and oxygen atoms in total. The van der Waals surface area contributed by atoms with Crippen molar-refractivity contribution in [3.05, 3.63) is 11.8 Å². The highest BCUT2D eigenvalue weighted by Crippen LogP contribution is 2.08. The van der Waals surface area contributed by atoms with Gasteiger partial charge in [-0.3, -0.25) is 14.3 Å². The molecular formula is C12H21N5O2. The molecule has 1 aromatic heterocycles. The van der Waals surface area contributed by atoms with Crippen molar-refractivity contribution in [2.24, 2.45) is 13.0 Å². The van der Waals surface area contributed by atoms with Gasteiger partial charge in [0.1, 0.15) is 11.4 Å². The van der Waals surface area contributed by atoms with E-state index in [2.05, 4.69) is 15.7 Å². The average molecular weight is 267 g/mol. The molecule has 106 valence electrons.